The Bertz CT molecular complexity index is 136. The second kappa shape index (κ2) is 5.86. The van der Waals surface area contributed by atoms with Crippen LogP contribution in [0.4, 0.5) is 4.79 Å². The molecule has 0 aromatic heterocycles. The molecule has 0 aliphatic carbocycles. The summed E-state index contributed by atoms with van der Waals surface area (Å²) in [5.41, 5.74) is 0. The van der Waals surface area contributed by atoms with Crippen LogP contribution in [-0.2, 0) is 0 Å². The van der Waals surface area contributed by atoms with E-state index in [1.54, 1.807) is 7.05 Å². The Morgan fingerprint density at radius 2 is 2.08 bits per heavy atom. The second-order valence-electron chi connectivity index (χ2n) is 3.11. The monoisotopic (exact) mass is 172 g/mol. The summed E-state index contributed by atoms with van der Waals surface area (Å²) in [5, 5.41) is 2.63. The predicted octanol–water partition coefficient (Wildman–Crippen LogP) is 1.69. The molecule has 0 aromatic carbocycles. The van der Waals surface area contributed by atoms with Crippen LogP contribution in [0, 0.1) is 5.92 Å². The molecule has 72 valence electrons. The van der Waals surface area contributed by atoms with Crippen LogP contribution in [0.5, 0.6) is 0 Å². The van der Waals surface area contributed by atoms with Crippen molar-refractivity contribution in [2.75, 3.05) is 20.1 Å². The molecule has 0 spiro atoms. The van der Waals surface area contributed by atoms with Crippen LogP contribution >= 0.6 is 0 Å². The number of urea groups is 1. The van der Waals surface area contributed by atoms with Crippen molar-refractivity contribution in [1.29, 1.82) is 0 Å². The van der Waals surface area contributed by atoms with Gasteiger partial charge in [-0.15, -0.1) is 0 Å². The van der Waals surface area contributed by atoms with Gasteiger partial charge < -0.3 is 10.2 Å². The van der Waals surface area contributed by atoms with Gasteiger partial charge in [0.15, 0.2) is 0 Å². The lowest BCUT2D eigenvalue weighted by atomic mass is 10.1. The number of hydrogen-bond acceptors (Lipinski definition) is 1. The molecular weight excluding hydrogens is 152 g/mol. The minimum atomic E-state index is 0.0257. The van der Waals surface area contributed by atoms with Gasteiger partial charge in [0.2, 0.25) is 0 Å². The molecule has 0 fully saturated rings. The highest BCUT2D eigenvalue weighted by molar-refractivity contribution is 5.73. The Kier molecular flexibility index (Phi) is 5.51. The fraction of sp³-hybridized carbons (Fsp3) is 0.889. The number of carbonyl (C=O) groups excluding carboxylic acids is 1. The first-order chi connectivity index (χ1) is 5.65. The molecule has 0 aromatic rings. The van der Waals surface area contributed by atoms with E-state index in [1.165, 1.54) is 0 Å². The Labute approximate surface area is 75.1 Å². The van der Waals surface area contributed by atoms with Gasteiger partial charge in [-0.25, -0.2) is 4.79 Å². The van der Waals surface area contributed by atoms with Crippen LogP contribution < -0.4 is 5.32 Å². The van der Waals surface area contributed by atoms with E-state index in [2.05, 4.69) is 19.2 Å². The SMILES string of the molecule is CCC(C)CN(CC)C(=O)NC. The number of nitrogens with zero attached hydrogens (tertiary/aromatic N) is 1. The minimum Gasteiger partial charge on any atom is -0.341 e. The fourth-order valence-corrected chi connectivity index (χ4v) is 1.02. The van der Waals surface area contributed by atoms with Crippen LogP contribution in [0.3, 0.4) is 0 Å². The van der Waals surface area contributed by atoms with Crippen LogP contribution in [-0.4, -0.2) is 31.1 Å². The first kappa shape index (κ1) is 11.3. The van der Waals surface area contributed by atoms with Crippen LogP contribution in [0.1, 0.15) is 27.2 Å². The van der Waals surface area contributed by atoms with Gasteiger partial charge in [-0.3, -0.25) is 0 Å². The third kappa shape index (κ3) is 3.60. The highest BCUT2D eigenvalue weighted by Gasteiger charge is 2.11. The van der Waals surface area contributed by atoms with E-state index < -0.39 is 0 Å². The standard InChI is InChI=1S/C9H20N2O/c1-5-8(3)7-11(6-2)9(12)10-4/h8H,5-7H2,1-4H3,(H,10,12). The largest absolute Gasteiger partial charge is 0.341 e. The summed E-state index contributed by atoms with van der Waals surface area (Å²) in [4.78, 5) is 13.0. The molecule has 0 bridgehead atoms. The van der Waals surface area contributed by atoms with Crippen molar-refractivity contribution in [3.63, 3.8) is 0 Å². The molecule has 0 radical (unpaired) electrons. The molecule has 1 unspecified atom stereocenters. The van der Waals surface area contributed by atoms with Crippen molar-refractivity contribution in [2.45, 2.75) is 27.2 Å². The molecule has 0 rings (SSSR count). The van der Waals surface area contributed by atoms with Gasteiger partial charge >= 0.3 is 6.03 Å². The van der Waals surface area contributed by atoms with Crippen molar-refractivity contribution in [3.05, 3.63) is 0 Å². The number of carbonyl (C=O) groups is 1. The zero-order valence-electron chi connectivity index (χ0n) is 8.55. The molecule has 12 heavy (non-hydrogen) atoms. The summed E-state index contributed by atoms with van der Waals surface area (Å²) in [6, 6.07) is 0.0257. The van der Waals surface area contributed by atoms with Gasteiger partial charge in [-0.2, -0.15) is 0 Å². The first-order valence-corrected chi connectivity index (χ1v) is 4.62. The number of nitrogens with one attached hydrogen (secondary N) is 1. The van der Waals surface area contributed by atoms with Gasteiger partial charge in [0.25, 0.3) is 0 Å². The predicted molar refractivity (Wildman–Crippen MR) is 51.2 cm³/mol. The highest BCUT2D eigenvalue weighted by atomic mass is 16.2. The Morgan fingerprint density at radius 1 is 1.50 bits per heavy atom. The fourth-order valence-electron chi connectivity index (χ4n) is 1.02. The zero-order valence-corrected chi connectivity index (χ0v) is 8.55. The molecule has 3 heteroatoms. The van der Waals surface area contributed by atoms with Gasteiger partial charge in [0.1, 0.15) is 0 Å². The van der Waals surface area contributed by atoms with Crippen molar-refractivity contribution in [2.24, 2.45) is 5.92 Å². The summed E-state index contributed by atoms with van der Waals surface area (Å²) in [6.07, 6.45) is 1.12. The quantitative estimate of drug-likeness (QED) is 0.687. The topological polar surface area (TPSA) is 32.3 Å². The lowest BCUT2D eigenvalue weighted by molar-refractivity contribution is 0.194. The van der Waals surface area contributed by atoms with Crippen LogP contribution in [0.2, 0.25) is 0 Å². The molecule has 3 nitrogen and oxygen atoms in total. The molecular formula is C9H20N2O. The third-order valence-electron chi connectivity index (χ3n) is 2.11. The lowest BCUT2D eigenvalue weighted by Gasteiger charge is -2.23. The van der Waals surface area contributed by atoms with Gasteiger partial charge in [0.05, 0.1) is 0 Å². The summed E-state index contributed by atoms with van der Waals surface area (Å²) in [7, 11) is 1.67. The number of hydrogen-bond donors (Lipinski definition) is 1. The molecule has 0 aliphatic heterocycles. The van der Waals surface area contributed by atoms with E-state index in [1.807, 2.05) is 11.8 Å². The summed E-state index contributed by atoms with van der Waals surface area (Å²) >= 11 is 0. The van der Waals surface area contributed by atoms with Gasteiger partial charge in [0, 0.05) is 20.1 Å². The molecule has 0 heterocycles. The van der Waals surface area contributed by atoms with Gasteiger partial charge in [-0.1, -0.05) is 20.3 Å². The number of rotatable bonds is 4. The normalized spacial score (nSPS) is 12.3. The van der Waals surface area contributed by atoms with Crippen molar-refractivity contribution in [3.8, 4) is 0 Å². The smallest absolute Gasteiger partial charge is 0.317 e. The van der Waals surface area contributed by atoms with Crippen LogP contribution in [0.15, 0.2) is 0 Å². The average molecular weight is 172 g/mol. The van der Waals surface area contributed by atoms with E-state index in [9.17, 15) is 4.79 Å². The molecule has 0 saturated heterocycles. The highest BCUT2D eigenvalue weighted by Crippen LogP contribution is 2.03. The van der Waals surface area contributed by atoms with Crippen LogP contribution in [0.25, 0.3) is 0 Å². The zero-order chi connectivity index (χ0) is 9.56. The maximum absolute atomic E-state index is 11.2. The maximum atomic E-state index is 11.2. The minimum absolute atomic E-state index is 0.0257. The van der Waals surface area contributed by atoms with Crippen molar-refractivity contribution >= 4 is 6.03 Å². The first-order valence-electron chi connectivity index (χ1n) is 4.62. The molecule has 2 amide bonds. The summed E-state index contributed by atoms with van der Waals surface area (Å²) in [5.74, 6) is 0.585. The average Bonchev–Trinajstić information content (AvgIpc) is 2.12. The Hall–Kier alpha value is -0.730. The van der Waals surface area contributed by atoms with Crippen molar-refractivity contribution < 1.29 is 4.79 Å². The lowest BCUT2D eigenvalue weighted by Crippen LogP contribution is -2.40. The van der Waals surface area contributed by atoms with E-state index >= 15 is 0 Å². The summed E-state index contributed by atoms with van der Waals surface area (Å²) in [6.45, 7) is 7.93. The molecule has 0 aliphatic rings. The van der Waals surface area contributed by atoms with Gasteiger partial charge in [-0.05, 0) is 12.8 Å². The van der Waals surface area contributed by atoms with Crippen molar-refractivity contribution in [1.82, 2.24) is 10.2 Å². The molecule has 1 atom stereocenters. The van der Waals surface area contributed by atoms with E-state index in [4.69, 9.17) is 0 Å². The van der Waals surface area contributed by atoms with E-state index in [0.29, 0.717) is 5.92 Å². The number of amides is 2. The molecule has 0 saturated carbocycles. The third-order valence-corrected chi connectivity index (χ3v) is 2.11. The summed E-state index contributed by atoms with van der Waals surface area (Å²) < 4.78 is 0. The Balaban J connectivity index is 3.90. The molecule has 1 N–H and O–H groups in total. The maximum Gasteiger partial charge on any atom is 0.317 e. The van der Waals surface area contributed by atoms with E-state index in [-0.39, 0.29) is 6.03 Å². The Morgan fingerprint density at radius 3 is 2.42 bits per heavy atom. The second-order valence-corrected chi connectivity index (χ2v) is 3.11. The van der Waals surface area contributed by atoms with E-state index in [0.717, 1.165) is 19.5 Å².